The Labute approximate surface area is 154 Å². The third-order valence-electron chi connectivity index (χ3n) is 4.12. The summed E-state index contributed by atoms with van der Waals surface area (Å²) in [6, 6.07) is 17.2. The van der Waals surface area contributed by atoms with Gasteiger partial charge in [-0.25, -0.2) is 0 Å². The topological polar surface area (TPSA) is 75.6 Å². The van der Waals surface area contributed by atoms with Gasteiger partial charge in [0.15, 0.2) is 0 Å². The van der Waals surface area contributed by atoms with Crippen molar-refractivity contribution in [2.45, 2.75) is 26.2 Å². The maximum Gasteiger partial charge on any atom is 0.308 e. The van der Waals surface area contributed by atoms with Gasteiger partial charge >= 0.3 is 5.97 Å². The van der Waals surface area contributed by atoms with Gasteiger partial charge < -0.3 is 15.2 Å². The van der Waals surface area contributed by atoms with E-state index < -0.39 is 11.9 Å². The van der Waals surface area contributed by atoms with Crippen LogP contribution in [0.5, 0.6) is 5.75 Å². The SMILES string of the molecule is Cc1ccccc1OCCCC(=O)NCC(Cc1ccccc1)C(=O)O. The smallest absolute Gasteiger partial charge is 0.308 e. The van der Waals surface area contributed by atoms with Crippen LogP contribution in [0.25, 0.3) is 0 Å². The van der Waals surface area contributed by atoms with Crippen molar-refractivity contribution >= 4 is 11.9 Å². The molecule has 0 saturated heterocycles. The average molecular weight is 355 g/mol. The number of carbonyl (C=O) groups is 2. The van der Waals surface area contributed by atoms with Crippen molar-refractivity contribution in [2.24, 2.45) is 5.92 Å². The number of aryl methyl sites for hydroxylation is 1. The van der Waals surface area contributed by atoms with Gasteiger partial charge in [0, 0.05) is 13.0 Å². The number of hydrogen-bond donors (Lipinski definition) is 2. The average Bonchev–Trinajstić information content (AvgIpc) is 2.64. The fourth-order valence-electron chi connectivity index (χ4n) is 2.60. The number of carboxylic acid groups (broad SMARTS) is 1. The van der Waals surface area contributed by atoms with Gasteiger partial charge in [-0.05, 0) is 37.0 Å². The lowest BCUT2D eigenvalue weighted by molar-refractivity contribution is -0.141. The van der Waals surface area contributed by atoms with E-state index in [0.717, 1.165) is 16.9 Å². The van der Waals surface area contributed by atoms with Gasteiger partial charge in [0.05, 0.1) is 12.5 Å². The normalized spacial score (nSPS) is 11.6. The Balaban J connectivity index is 1.69. The van der Waals surface area contributed by atoms with Crippen LogP contribution in [0.4, 0.5) is 0 Å². The van der Waals surface area contributed by atoms with Crippen LogP contribution < -0.4 is 10.1 Å². The number of para-hydroxylation sites is 1. The lowest BCUT2D eigenvalue weighted by atomic mass is 9.99. The molecule has 0 bridgehead atoms. The van der Waals surface area contributed by atoms with Crippen LogP contribution in [0, 0.1) is 12.8 Å². The molecule has 0 fully saturated rings. The third-order valence-corrected chi connectivity index (χ3v) is 4.12. The molecule has 2 aromatic rings. The predicted octanol–water partition coefficient (Wildman–Crippen LogP) is 3.21. The summed E-state index contributed by atoms with van der Waals surface area (Å²) in [7, 11) is 0. The molecular formula is C21H25NO4. The van der Waals surface area contributed by atoms with Crippen molar-refractivity contribution in [1.29, 1.82) is 0 Å². The number of aliphatic carboxylic acids is 1. The van der Waals surface area contributed by atoms with E-state index in [9.17, 15) is 14.7 Å². The summed E-state index contributed by atoms with van der Waals surface area (Å²) >= 11 is 0. The number of hydrogen-bond acceptors (Lipinski definition) is 3. The highest BCUT2D eigenvalue weighted by atomic mass is 16.5. The zero-order chi connectivity index (χ0) is 18.8. The van der Waals surface area contributed by atoms with Crippen LogP contribution in [0.3, 0.4) is 0 Å². The Kier molecular flexibility index (Phi) is 7.68. The summed E-state index contributed by atoms with van der Waals surface area (Å²) in [6.07, 6.45) is 1.28. The fourth-order valence-corrected chi connectivity index (χ4v) is 2.60. The summed E-state index contributed by atoms with van der Waals surface area (Å²) < 4.78 is 5.66. The number of carboxylic acids is 1. The molecule has 0 radical (unpaired) electrons. The summed E-state index contributed by atoms with van der Waals surface area (Å²) in [5.74, 6) is -0.874. The first-order valence-corrected chi connectivity index (χ1v) is 8.78. The van der Waals surface area contributed by atoms with Crippen molar-refractivity contribution < 1.29 is 19.4 Å². The van der Waals surface area contributed by atoms with Gasteiger partial charge in [-0.3, -0.25) is 9.59 Å². The molecule has 5 heteroatoms. The summed E-state index contributed by atoms with van der Waals surface area (Å²) in [6.45, 7) is 2.55. The molecule has 138 valence electrons. The first-order chi connectivity index (χ1) is 12.6. The zero-order valence-electron chi connectivity index (χ0n) is 15.0. The largest absolute Gasteiger partial charge is 0.493 e. The molecule has 0 spiro atoms. The van der Waals surface area contributed by atoms with Crippen LogP contribution in [-0.2, 0) is 16.0 Å². The maximum atomic E-state index is 11.9. The molecule has 1 amide bonds. The van der Waals surface area contributed by atoms with Crippen molar-refractivity contribution in [3.63, 3.8) is 0 Å². The number of benzene rings is 2. The van der Waals surface area contributed by atoms with E-state index in [4.69, 9.17) is 4.74 Å². The molecule has 26 heavy (non-hydrogen) atoms. The number of ether oxygens (including phenoxy) is 1. The first kappa shape index (κ1) is 19.5. The molecule has 2 rings (SSSR count). The van der Waals surface area contributed by atoms with E-state index >= 15 is 0 Å². The van der Waals surface area contributed by atoms with Crippen LogP contribution in [0.2, 0.25) is 0 Å². The molecule has 0 aliphatic rings. The summed E-state index contributed by atoms with van der Waals surface area (Å²) in [5, 5.41) is 12.1. The fraction of sp³-hybridized carbons (Fsp3) is 0.333. The molecule has 0 heterocycles. The molecule has 2 N–H and O–H groups in total. The molecule has 5 nitrogen and oxygen atoms in total. The molecule has 2 aromatic carbocycles. The van der Waals surface area contributed by atoms with Gasteiger partial charge in [0.1, 0.15) is 5.75 Å². The Bertz CT molecular complexity index is 715. The van der Waals surface area contributed by atoms with Crippen molar-refractivity contribution in [3.05, 3.63) is 65.7 Å². The van der Waals surface area contributed by atoms with Gasteiger partial charge in [-0.1, -0.05) is 48.5 Å². The first-order valence-electron chi connectivity index (χ1n) is 8.78. The lowest BCUT2D eigenvalue weighted by Gasteiger charge is -2.14. The van der Waals surface area contributed by atoms with E-state index in [0.29, 0.717) is 25.9 Å². The highest BCUT2D eigenvalue weighted by Crippen LogP contribution is 2.16. The molecule has 0 aliphatic carbocycles. The summed E-state index contributed by atoms with van der Waals surface area (Å²) in [4.78, 5) is 23.3. The molecule has 0 aromatic heterocycles. The van der Waals surface area contributed by atoms with Crippen LogP contribution in [0.1, 0.15) is 24.0 Å². The van der Waals surface area contributed by atoms with E-state index in [2.05, 4.69) is 5.32 Å². The molecule has 1 atom stereocenters. The number of carbonyl (C=O) groups excluding carboxylic acids is 1. The molecule has 1 unspecified atom stereocenters. The quantitative estimate of drug-likeness (QED) is 0.642. The van der Waals surface area contributed by atoms with E-state index in [-0.39, 0.29) is 12.5 Å². The maximum absolute atomic E-state index is 11.9. The zero-order valence-corrected chi connectivity index (χ0v) is 15.0. The predicted molar refractivity (Wildman–Crippen MR) is 100 cm³/mol. The minimum Gasteiger partial charge on any atom is -0.493 e. The Morgan fingerprint density at radius 1 is 1.08 bits per heavy atom. The van der Waals surface area contributed by atoms with Gasteiger partial charge in [-0.2, -0.15) is 0 Å². The van der Waals surface area contributed by atoms with Crippen LogP contribution >= 0.6 is 0 Å². The second-order valence-electron chi connectivity index (χ2n) is 6.25. The lowest BCUT2D eigenvalue weighted by Crippen LogP contribution is -2.34. The number of rotatable bonds is 10. The molecule has 0 saturated carbocycles. The standard InChI is InChI=1S/C21H25NO4/c1-16-8-5-6-11-19(16)26-13-7-12-20(23)22-15-18(21(24)25)14-17-9-3-2-4-10-17/h2-6,8-11,18H,7,12-15H2,1H3,(H,22,23)(H,24,25). The van der Waals surface area contributed by atoms with E-state index in [1.54, 1.807) is 0 Å². The second-order valence-corrected chi connectivity index (χ2v) is 6.25. The Morgan fingerprint density at radius 2 is 1.77 bits per heavy atom. The van der Waals surface area contributed by atoms with Crippen LogP contribution in [0.15, 0.2) is 54.6 Å². The minimum absolute atomic E-state index is 0.127. The Hall–Kier alpha value is -2.82. The van der Waals surface area contributed by atoms with Gasteiger partial charge in [-0.15, -0.1) is 0 Å². The minimum atomic E-state index is -0.906. The molecule has 0 aliphatic heterocycles. The highest BCUT2D eigenvalue weighted by Gasteiger charge is 2.18. The van der Waals surface area contributed by atoms with Crippen molar-refractivity contribution in [1.82, 2.24) is 5.32 Å². The van der Waals surface area contributed by atoms with Crippen molar-refractivity contribution in [3.8, 4) is 5.75 Å². The second kappa shape index (κ2) is 10.2. The van der Waals surface area contributed by atoms with Crippen molar-refractivity contribution in [2.75, 3.05) is 13.2 Å². The monoisotopic (exact) mass is 355 g/mol. The highest BCUT2D eigenvalue weighted by molar-refractivity contribution is 5.77. The Morgan fingerprint density at radius 3 is 2.46 bits per heavy atom. The number of nitrogens with one attached hydrogen (secondary N) is 1. The summed E-state index contributed by atoms with van der Waals surface area (Å²) in [5.41, 5.74) is 2.00. The van der Waals surface area contributed by atoms with E-state index in [1.165, 1.54) is 0 Å². The van der Waals surface area contributed by atoms with E-state index in [1.807, 2.05) is 61.5 Å². The van der Waals surface area contributed by atoms with Gasteiger partial charge in [0.25, 0.3) is 0 Å². The number of amides is 1. The molecular weight excluding hydrogens is 330 g/mol. The third kappa shape index (κ3) is 6.59. The van der Waals surface area contributed by atoms with Gasteiger partial charge in [0.2, 0.25) is 5.91 Å². The van der Waals surface area contributed by atoms with Crippen LogP contribution in [-0.4, -0.2) is 30.1 Å².